The van der Waals surface area contributed by atoms with Crippen LogP contribution < -0.4 is 0 Å². The van der Waals surface area contributed by atoms with Crippen molar-refractivity contribution in [1.29, 1.82) is 0 Å². The Morgan fingerprint density at radius 2 is 1.76 bits per heavy atom. The predicted octanol–water partition coefficient (Wildman–Crippen LogP) is 4.94. The van der Waals surface area contributed by atoms with E-state index in [-0.39, 0.29) is 0 Å². The monoisotopic (exact) mass is 241 g/mol. The molecule has 0 aliphatic heterocycles. The van der Waals surface area contributed by atoms with E-state index in [4.69, 9.17) is 11.6 Å². The SMILES string of the molecule is C/C=C\n1c2ccccc2c2cc(Cl)ccc21. The first-order chi connectivity index (χ1) is 8.31. The van der Waals surface area contributed by atoms with Gasteiger partial charge in [0.2, 0.25) is 0 Å². The van der Waals surface area contributed by atoms with E-state index in [9.17, 15) is 0 Å². The largest absolute Gasteiger partial charge is 0.316 e. The summed E-state index contributed by atoms with van der Waals surface area (Å²) in [6, 6.07) is 14.4. The van der Waals surface area contributed by atoms with Crippen LogP contribution in [-0.2, 0) is 0 Å². The van der Waals surface area contributed by atoms with E-state index in [0.29, 0.717) is 0 Å². The summed E-state index contributed by atoms with van der Waals surface area (Å²) in [5.74, 6) is 0. The highest BCUT2D eigenvalue weighted by molar-refractivity contribution is 6.31. The van der Waals surface area contributed by atoms with Crippen LogP contribution in [0.15, 0.2) is 48.5 Å². The van der Waals surface area contributed by atoms with Crippen LogP contribution in [0.2, 0.25) is 5.02 Å². The quantitative estimate of drug-likeness (QED) is 0.569. The minimum absolute atomic E-state index is 0.779. The average molecular weight is 242 g/mol. The summed E-state index contributed by atoms with van der Waals surface area (Å²) >= 11 is 6.08. The van der Waals surface area contributed by atoms with Crippen LogP contribution in [-0.4, -0.2) is 4.57 Å². The fourth-order valence-electron chi connectivity index (χ4n) is 2.28. The highest BCUT2D eigenvalue weighted by atomic mass is 35.5. The van der Waals surface area contributed by atoms with Crippen LogP contribution in [0.4, 0.5) is 0 Å². The van der Waals surface area contributed by atoms with Gasteiger partial charge < -0.3 is 4.57 Å². The van der Waals surface area contributed by atoms with Crippen molar-refractivity contribution in [2.24, 2.45) is 0 Å². The fraction of sp³-hybridized carbons (Fsp3) is 0.0667. The molecule has 3 aromatic rings. The second kappa shape index (κ2) is 3.94. The van der Waals surface area contributed by atoms with E-state index in [1.807, 2.05) is 25.1 Å². The van der Waals surface area contributed by atoms with Crippen LogP contribution in [0.5, 0.6) is 0 Å². The molecule has 0 unspecified atom stereocenters. The highest BCUT2D eigenvalue weighted by Gasteiger charge is 2.08. The van der Waals surface area contributed by atoms with Crippen LogP contribution in [0.25, 0.3) is 28.0 Å². The fourth-order valence-corrected chi connectivity index (χ4v) is 2.46. The third-order valence-electron chi connectivity index (χ3n) is 2.97. The van der Waals surface area contributed by atoms with Crippen molar-refractivity contribution < 1.29 is 0 Å². The number of rotatable bonds is 1. The van der Waals surface area contributed by atoms with Crippen molar-refractivity contribution in [3.63, 3.8) is 0 Å². The number of halogens is 1. The molecule has 0 N–H and O–H groups in total. The molecule has 0 amide bonds. The zero-order valence-corrected chi connectivity index (χ0v) is 10.3. The molecule has 84 valence electrons. The van der Waals surface area contributed by atoms with Crippen molar-refractivity contribution in [2.45, 2.75) is 6.92 Å². The first kappa shape index (κ1) is 10.4. The highest BCUT2D eigenvalue weighted by Crippen LogP contribution is 2.30. The Labute approximate surface area is 105 Å². The number of hydrogen-bond acceptors (Lipinski definition) is 0. The van der Waals surface area contributed by atoms with Gasteiger partial charge in [-0.3, -0.25) is 0 Å². The van der Waals surface area contributed by atoms with Crippen molar-refractivity contribution in [3.8, 4) is 0 Å². The zero-order valence-electron chi connectivity index (χ0n) is 9.52. The number of hydrogen-bond donors (Lipinski definition) is 0. The molecule has 3 rings (SSSR count). The Balaban J connectivity index is 2.57. The molecule has 0 fully saturated rings. The first-order valence-electron chi connectivity index (χ1n) is 5.62. The Kier molecular flexibility index (Phi) is 2.41. The summed E-state index contributed by atoms with van der Waals surface area (Å²) in [5, 5.41) is 3.22. The molecule has 0 bridgehead atoms. The van der Waals surface area contributed by atoms with E-state index in [0.717, 1.165) is 5.02 Å². The van der Waals surface area contributed by atoms with Crippen molar-refractivity contribution >= 4 is 39.6 Å². The number of allylic oxidation sites excluding steroid dienone is 1. The molecule has 1 aromatic heterocycles. The van der Waals surface area contributed by atoms with E-state index in [1.54, 1.807) is 0 Å². The Bertz CT molecular complexity index is 722. The van der Waals surface area contributed by atoms with E-state index >= 15 is 0 Å². The smallest absolute Gasteiger partial charge is 0.0535 e. The standard InChI is InChI=1S/C15H12ClN/c1-2-9-17-14-6-4-3-5-12(14)13-10-11(16)7-8-15(13)17/h2-10H,1H3/b9-2-. The van der Waals surface area contributed by atoms with E-state index in [1.165, 1.54) is 21.8 Å². The summed E-state index contributed by atoms with van der Waals surface area (Å²) in [4.78, 5) is 0. The minimum atomic E-state index is 0.779. The van der Waals surface area contributed by atoms with Crippen LogP contribution in [0.1, 0.15) is 6.92 Å². The molecular formula is C15H12ClN. The predicted molar refractivity (Wildman–Crippen MR) is 75.5 cm³/mol. The first-order valence-corrected chi connectivity index (χ1v) is 6.00. The van der Waals surface area contributed by atoms with Gasteiger partial charge in [-0.05, 0) is 31.2 Å². The van der Waals surface area contributed by atoms with Crippen molar-refractivity contribution in [2.75, 3.05) is 0 Å². The molecule has 0 aliphatic carbocycles. The van der Waals surface area contributed by atoms with Gasteiger partial charge >= 0.3 is 0 Å². The van der Waals surface area contributed by atoms with E-state index < -0.39 is 0 Å². The lowest BCUT2D eigenvalue weighted by Gasteiger charge is -1.99. The summed E-state index contributed by atoms with van der Waals surface area (Å²) in [6.07, 6.45) is 4.12. The average Bonchev–Trinajstić information content (AvgIpc) is 2.65. The third-order valence-corrected chi connectivity index (χ3v) is 3.21. The molecule has 2 heteroatoms. The zero-order chi connectivity index (χ0) is 11.8. The molecule has 1 heterocycles. The molecule has 1 nitrogen and oxygen atoms in total. The maximum atomic E-state index is 6.08. The molecule has 0 spiro atoms. The number of benzene rings is 2. The van der Waals surface area contributed by atoms with E-state index in [2.05, 4.69) is 41.1 Å². The van der Waals surface area contributed by atoms with Gasteiger partial charge in [0.15, 0.2) is 0 Å². The normalized spacial score (nSPS) is 11.9. The lowest BCUT2D eigenvalue weighted by Crippen LogP contribution is -1.84. The number of para-hydroxylation sites is 1. The maximum Gasteiger partial charge on any atom is 0.0535 e. The summed E-state index contributed by atoms with van der Waals surface area (Å²) < 4.78 is 2.20. The van der Waals surface area contributed by atoms with Gasteiger partial charge in [0, 0.05) is 22.0 Å². The third kappa shape index (κ3) is 1.55. The van der Waals surface area contributed by atoms with Gasteiger partial charge in [-0.2, -0.15) is 0 Å². The van der Waals surface area contributed by atoms with Crippen molar-refractivity contribution in [1.82, 2.24) is 4.57 Å². The molecule has 2 aromatic carbocycles. The van der Waals surface area contributed by atoms with Gasteiger partial charge in [-0.25, -0.2) is 0 Å². The Morgan fingerprint density at radius 3 is 2.59 bits per heavy atom. The summed E-state index contributed by atoms with van der Waals surface area (Å²) in [6.45, 7) is 2.02. The minimum Gasteiger partial charge on any atom is -0.316 e. The van der Waals surface area contributed by atoms with Gasteiger partial charge in [-0.15, -0.1) is 0 Å². The number of nitrogens with zero attached hydrogens (tertiary/aromatic N) is 1. The molecule has 0 aliphatic rings. The molecule has 17 heavy (non-hydrogen) atoms. The molecular weight excluding hydrogens is 230 g/mol. The topological polar surface area (TPSA) is 4.93 Å². The number of fused-ring (bicyclic) bond motifs is 3. The molecule has 0 saturated heterocycles. The van der Waals surface area contributed by atoms with Crippen LogP contribution in [0, 0.1) is 0 Å². The second-order valence-corrected chi connectivity index (χ2v) is 4.47. The van der Waals surface area contributed by atoms with Gasteiger partial charge in [0.25, 0.3) is 0 Å². The van der Waals surface area contributed by atoms with Crippen LogP contribution in [0.3, 0.4) is 0 Å². The lowest BCUT2D eigenvalue weighted by atomic mass is 10.2. The molecule has 0 atom stereocenters. The van der Waals surface area contributed by atoms with Gasteiger partial charge in [-0.1, -0.05) is 35.9 Å². The molecule has 0 saturated carbocycles. The van der Waals surface area contributed by atoms with Crippen molar-refractivity contribution in [3.05, 3.63) is 53.6 Å². The van der Waals surface area contributed by atoms with Crippen LogP contribution >= 0.6 is 11.6 Å². The summed E-state index contributed by atoms with van der Waals surface area (Å²) in [7, 11) is 0. The maximum absolute atomic E-state index is 6.08. The number of aromatic nitrogens is 1. The Morgan fingerprint density at radius 1 is 1.00 bits per heavy atom. The van der Waals surface area contributed by atoms with Gasteiger partial charge in [0.05, 0.1) is 11.0 Å². The second-order valence-electron chi connectivity index (χ2n) is 4.03. The Hall–Kier alpha value is -1.73. The van der Waals surface area contributed by atoms with Gasteiger partial charge in [0.1, 0.15) is 0 Å². The molecule has 0 radical (unpaired) electrons. The lowest BCUT2D eigenvalue weighted by molar-refractivity contribution is 1.28. The summed E-state index contributed by atoms with van der Waals surface area (Å²) in [5.41, 5.74) is 2.40.